The van der Waals surface area contributed by atoms with Gasteiger partial charge in [-0.25, -0.2) is 8.42 Å². The average Bonchev–Trinajstić information content (AvgIpc) is 2.14. The van der Waals surface area contributed by atoms with E-state index in [4.69, 9.17) is 0 Å². The standard InChI is InChI=1S/C8H12N2O3S/c1-14(12,13)5-3-8(11)7-2-4-9-10-6-7/h2,4,6,8,11H,3,5H2,1H3. The summed E-state index contributed by atoms with van der Waals surface area (Å²) in [4.78, 5) is 0. The Morgan fingerprint density at radius 1 is 1.50 bits per heavy atom. The predicted octanol–water partition coefficient (Wildman–Crippen LogP) is -0.0553. The Balaban J connectivity index is 2.56. The van der Waals surface area contributed by atoms with E-state index < -0.39 is 15.9 Å². The maximum atomic E-state index is 10.8. The van der Waals surface area contributed by atoms with E-state index in [1.165, 1.54) is 12.4 Å². The molecule has 0 radical (unpaired) electrons. The monoisotopic (exact) mass is 216 g/mol. The summed E-state index contributed by atoms with van der Waals surface area (Å²) in [5, 5.41) is 16.7. The topological polar surface area (TPSA) is 80.2 Å². The molecule has 1 N–H and O–H groups in total. The third-order valence-electron chi connectivity index (χ3n) is 1.75. The molecule has 0 aliphatic heterocycles. The van der Waals surface area contributed by atoms with Gasteiger partial charge in [0.2, 0.25) is 0 Å². The highest BCUT2D eigenvalue weighted by molar-refractivity contribution is 7.90. The van der Waals surface area contributed by atoms with Crippen LogP contribution in [0.1, 0.15) is 18.1 Å². The molecule has 14 heavy (non-hydrogen) atoms. The minimum atomic E-state index is -3.02. The lowest BCUT2D eigenvalue weighted by atomic mass is 10.1. The van der Waals surface area contributed by atoms with Crippen LogP contribution in [0.5, 0.6) is 0 Å². The summed E-state index contributed by atoms with van der Waals surface area (Å²) < 4.78 is 21.7. The summed E-state index contributed by atoms with van der Waals surface area (Å²) in [7, 11) is -3.02. The molecule has 6 heteroatoms. The van der Waals surface area contributed by atoms with Crippen LogP contribution < -0.4 is 0 Å². The maximum Gasteiger partial charge on any atom is 0.147 e. The van der Waals surface area contributed by atoms with E-state index in [9.17, 15) is 13.5 Å². The number of sulfone groups is 1. The molecule has 0 saturated carbocycles. The Morgan fingerprint density at radius 3 is 2.71 bits per heavy atom. The second kappa shape index (κ2) is 4.47. The van der Waals surface area contributed by atoms with Gasteiger partial charge in [-0.2, -0.15) is 10.2 Å². The van der Waals surface area contributed by atoms with Crippen molar-refractivity contribution in [1.29, 1.82) is 0 Å². The van der Waals surface area contributed by atoms with E-state index in [2.05, 4.69) is 10.2 Å². The molecule has 0 aliphatic carbocycles. The van der Waals surface area contributed by atoms with Crippen LogP contribution in [0.3, 0.4) is 0 Å². The first-order valence-electron chi connectivity index (χ1n) is 4.11. The molecule has 1 unspecified atom stereocenters. The number of rotatable bonds is 4. The van der Waals surface area contributed by atoms with Gasteiger partial charge in [0.05, 0.1) is 18.1 Å². The van der Waals surface area contributed by atoms with Gasteiger partial charge in [-0.05, 0) is 12.5 Å². The molecule has 5 nitrogen and oxygen atoms in total. The Labute approximate surface area is 82.7 Å². The summed E-state index contributed by atoms with van der Waals surface area (Å²) in [5.41, 5.74) is 0.587. The molecule has 1 aromatic rings. The first-order valence-corrected chi connectivity index (χ1v) is 6.17. The second-order valence-corrected chi connectivity index (χ2v) is 5.37. The molecule has 0 spiro atoms. The van der Waals surface area contributed by atoms with Crippen molar-refractivity contribution >= 4 is 9.84 Å². The van der Waals surface area contributed by atoms with Gasteiger partial charge in [-0.1, -0.05) is 0 Å². The fourth-order valence-electron chi connectivity index (χ4n) is 0.990. The number of hydrogen-bond donors (Lipinski definition) is 1. The van der Waals surface area contributed by atoms with Gasteiger partial charge >= 0.3 is 0 Å². The van der Waals surface area contributed by atoms with Crippen molar-refractivity contribution in [2.24, 2.45) is 0 Å². The third-order valence-corrected chi connectivity index (χ3v) is 2.73. The molecule has 1 heterocycles. The summed E-state index contributed by atoms with van der Waals surface area (Å²) in [5.74, 6) is -0.0313. The Bertz CT molecular complexity index is 377. The third kappa shape index (κ3) is 3.80. The van der Waals surface area contributed by atoms with Gasteiger partial charge in [-0.15, -0.1) is 0 Å². The van der Waals surface area contributed by atoms with E-state index in [0.29, 0.717) is 5.56 Å². The van der Waals surface area contributed by atoms with Gasteiger partial charge in [0.15, 0.2) is 0 Å². The van der Waals surface area contributed by atoms with E-state index in [0.717, 1.165) is 6.26 Å². The second-order valence-electron chi connectivity index (χ2n) is 3.11. The van der Waals surface area contributed by atoms with Crippen LogP contribution in [0.2, 0.25) is 0 Å². The van der Waals surface area contributed by atoms with Crippen LogP contribution in [-0.4, -0.2) is 35.7 Å². The van der Waals surface area contributed by atoms with E-state index in [1.807, 2.05) is 0 Å². The van der Waals surface area contributed by atoms with Crippen LogP contribution in [0, 0.1) is 0 Å². The number of aromatic nitrogens is 2. The Kier molecular flexibility index (Phi) is 3.54. The number of aliphatic hydroxyl groups excluding tert-OH is 1. The minimum Gasteiger partial charge on any atom is -0.388 e. The Morgan fingerprint density at radius 2 is 2.21 bits per heavy atom. The number of nitrogens with zero attached hydrogens (tertiary/aromatic N) is 2. The zero-order valence-electron chi connectivity index (χ0n) is 7.79. The highest BCUT2D eigenvalue weighted by Crippen LogP contribution is 2.14. The first kappa shape index (κ1) is 11.1. The molecular formula is C8H12N2O3S. The van der Waals surface area contributed by atoms with Gasteiger partial charge < -0.3 is 5.11 Å². The molecule has 0 saturated heterocycles. The van der Waals surface area contributed by atoms with Crippen LogP contribution in [0.15, 0.2) is 18.5 Å². The molecule has 1 rings (SSSR count). The summed E-state index contributed by atoms with van der Waals surface area (Å²) in [6, 6.07) is 1.61. The average molecular weight is 216 g/mol. The van der Waals surface area contributed by atoms with Crippen molar-refractivity contribution in [2.45, 2.75) is 12.5 Å². The van der Waals surface area contributed by atoms with Crippen LogP contribution in [0.25, 0.3) is 0 Å². The molecule has 1 atom stereocenters. The largest absolute Gasteiger partial charge is 0.388 e. The SMILES string of the molecule is CS(=O)(=O)CCC(O)c1ccnnc1. The van der Waals surface area contributed by atoms with E-state index in [1.54, 1.807) is 6.07 Å². The van der Waals surface area contributed by atoms with Crippen molar-refractivity contribution in [2.75, 3.05) is 12.0 Å². The molecular weight excluding hydrogens is 204 g/mol. The molecule has 0 aliphatic rings. The van der Waals surface area contributed by atoms with Crippen molar-refractivity contribution in [3.05, 3.63) is 24.0 Å². The van der Waals surface area contributed by atoms with Crippen molar-refractivity contribution < 1.29 is 13.5 Å². The van der Waals surface area contributed by atoms with Crippen molar-refractivity contribution in [3.63, 3.8) is 0 Å². The van der Waals surface area contributed by atoms with Gasteiger partial charge in [0.25, 0.3) is 0 Å². The van der Waals surface area contributed by atoms with Gasteiger partial charge in [0, 0.05) is 18.0 Å². The molecule has 0 bridgehead atoms. The molecule has 0 aromatic carbocycles. The lowest BCUT2D eigenvalue weighted by Crippen LogP contribution is -2.08. The summed E-state index contributed by atoms with van der Waals surface area (Å²) in [6.45, 7) is 0. The molecule has 0 amide bonds. The lowest BCUT2D eigenvalue weighted by Gasteiger charge is -2.08. The molecule has 78 valence electrons. The fourth-order valence-corrected chi connectivity index (χ4v) is 1.64. The van der Waals surface area contributed by atoms with E-state index in [-0.39, 0.29) is 12.2 Å². The summed E-state index contributed by atoms with van der Waals surface area (Å²) in [6.07, 6.45) is 3.42. The quantitative estimate of drug-likeness (QED) is 0.763. The highest BCUT2D eigenvalue weighted by Gasteiger charge is 2.11. The van der Waals surface area contributed by atoms with Crippen LogP contribution in [0.4, 0.5) is 0 Å². The van der Waals surface area contributed by atoms with Gasteiger partial charge in [0.1, 0.15) is 9.84 Å². The number of aliphatic hydroxyl groups is 1. The number of hydrogen-bond acceptors (Lipinski definition) is 5. The van der Waals surface area contributed by atoms with Crippen molar-refractivity contribution in [3.8, 4) is 0 Å². The minimum absolute atomic E-state index is 0.0313. The normalized spacial score (nSPS) is 13.9. The van der Waals surface area contributed by atoms with E-state index >= 15 is 0 Å². The molecule has 1 aromatic heterocycles. The van der Waals surface area contributed by atoms with Gasteiger partial charge in [-0.3, -0.25) is 0 Å². The lowest BCUT2D eigenvalue weighted by molar-refractivity contribution is 0.174. The van der Waals surface area contributed by atoms with Crippen LogP contribution in [-0.2, 0) is 9.84 Å². The van der Waals surface area contributed by atoms with Crippen molar-refractivity contribution in [1.82, 2.24) is 10.2 Å². The zero-order valence-corrected chi connectivity index (χ0v) is 8.61. The smallest absolute Gasteiger partial charge is 0.147 e. The first-order chi connectivity index (χ1) is 6.49. The molecule has 0 fully saturated rings. The van der Waals surface area contributed by atoms with Crippen LogP contribution >= 0.6 is 0 Å². The zero-order chi connectivity index (χ0) is 10.6. The maximum absolute atomic E-state index is 10.8. The highest BCUT2D eigenvalue weighted by atomic mass is 32.2. The fraction of sp³-hybridized carbons (Fsp3) is 0.500. The Hall–Kier alpha value is -1.01. The summed E-state index contributed by atoms with van der Waals surface area (Å²) >= 11 is 0. The predicted molar refractivity (Wildman–Crippen MR) is 51.3 cm³/mol.